The molecule has 0 radical (unpaired) electrons. The fraction of sp³-hybridized carbons (Fsp3) is 0.655. The van der Waals surface area contributed by atoms with Gasteiger partial charge in [0, 0.05) is 73.7 Å². The molecule has 0 aromatic heterocycles. The van der Waals surface area contributed by atoms with Gasteiger partial charge >= 0.3 is 11.9 Å². The molecule has 392 valence electrons. The number of allylic oxidation sites excluding steroid dienone is 5. The third kappa shape index (κ3) is 9.44. The molecule has 0 aromatic rings. The Balaban J connectivity index is 1.08. The van der Waals surface area contributed by atoms with Crippen LogP contribution in [-0.4, -0.2) is 94.2 Å². The Morgan fingerprint density at radius 1 is 0.945 bits per heavy atom. The maximum Gasteiger partial charge on any atom is 0.340 e. The second kappa shape index (κ2) is 21.2. The second-order valence-electron chi connectivity index (χ2n) is 23.3. The number of hydrogen-bond acceptors (Lipinski definition) is 14. The van der Waals surface area contributed by atoms with E-state index in [4.69, 9.17) is 9.47 Å². The molecule has 1 spiro atoms. The Morgan fingerprint density at radius 3 is 2.53 bits per heavy atom. The number of dihydropyridines is 1. The van der Waals surface area contributed by atoms with E-state index in [-0.39, 0.29) is 95.7 Å². The Bertz CT molecular complexity index is 2530. The minimum atomic E-state index is -0.991. The number of esters is 2. The summed E-state index contributed by atoms with van der Waals surface area (Å²) in [5.74, 6) is 7.92. The molecule has 0 aromatic carbocycles. The van der Waals surface area contributed by atoms with E-state index in [9.17, 15) is 29.7 Å². The number of imide groups is 1. The predicted molar refractivity (Wildman–Crippen MR) is 280 cm³/mol. The van der Waals surface area contributed by atoms with Crippen LogP contribution in [-0.2, 0) is 28.7 Å². The molecule has 2 amide bonds. The summed E-state index contributed by atoms with van der Waals surface area (Å²) >= 11 is 0. The third-order valence-corrected chi connectivity index (χ3v) is 21.8. The summed E-state index contributed by atoms with van der Waals surface area (Å²) in [5.41, 5.74) is 3.12. The fourth-order valence-electron chi connectivity index (χ4n) is 16.0. The monoisotopic (exact) mass is 1030 g/mol. The maximum absolute atomic E-state index is 15.4. The summed E-state index contributed by atoms with van der Waals surface area (Å²) in [6.07, 6.45) is 24.8. The van der Waals surface area contributed by atoms with Gasteiger partial charge in [-0.05, 0) is 160 Å². The molecular formula is C58H74N4O9S2. The van der Waals surface area contributed by atoms with Crippen molar-refractivity contribution in [2.75, 3.05) is 38.7 Å². The van der Waals surface area contributed by atoms with Crippen LogP contribution in [0.3, 0.4) is 0 Å². The average Bonchev–Trinajstić information content (AvgIpc) is 4.16. The number of aliphatic hydroxyl groups excluding tert-OH is 3. The van der Waals surface area contributed by atoms with E-state index in [2.05, 4.69) is 59.0 Å². The lowest BCUT2D eigenvalue weighted by Gasteiger charge is -2.57. The molecule has 1 saturated heterocycles. The first-order chi connectivity index (χ1) is 35.4. The molecule has 13 nitrogen and oxygen atoms in total. The van der Waals surface area contributed by atoms with E-state index in [0.29, 0.717) is 79.7 Å². The van der Waals surface area contributed by atoms with Crippen molar-refractivity contribution >= 4 is 45.3 Å². The Kier molecular flexibility index (Phi) is 14.8. The fourth-order valence-corrected chi connectivity index (χ4v) is 18.5. The Hall–Kier alpha value is -4.04. The van der Waals surface area contributed by atoms with Gasteiger partial charge in [0.1, 0.15) is 11.5 Å². The van der Waals surface area contributed by atoms with Gasteiger partial charge in [0.05, 0.1) is 40.8 Å². The summed E-state index contributed by atoms with van der Waals surface area (Å²) in [7, 11) is 3.46. The molecule has 6 N–H and O–H groups in total. The van der Waals surface area contributed by atoms with Crippen molar-refractivity contribution < 1.29 is 44.0 Å². The zero-order valence-electron chi connectivity index (χ0n) is 42.5. The van der Waals surface area contributed by atoms with Gasteiger partial charge in [0.2, 0.25) is 0 Å². The van der Waals surface area contributed by atoms with Crippen LogP contribution >= 0.6 is 21.6 Å². The van der Waals surface area contributed by atoms with Gasteiger partial charge in [-0.25, -0.2) is 9.59 Å². The van der Waals surface area contributed by atoms with Gasteiger partial charge in [0.25, 0.3) is 11.8 Å². The number of rotatable bonds is 10. The highest BCUT2D eigenvalue weighted by Crippen LogP contribution is 2.72. The van der Waals surface area contributed by atoms with Crippen LogP contribution in [0.5, 0.6) is 0 Å². The first-order valence-corrected chi connectivity index (χ1v) is 30.0. The molecule has 3 saturated carbocycles. The summed E-state index contributed by atoms with van der Waals surface area (Å²) in [6, 6.07) is 0. The van der Waals surface area contributed by atoms with Crippen molar-refractivity contribution in [3.8, 4) is 11.8 Å². The number of cyclic esters (lactones) is 1. The van der Waals surface area contributed by atoms with Gasteiger partial charge in [-0.2, -0.15) is 0 Å². The standard InChI is InChI=1S/C58H74N4O9S2/c1-3-57(19-4-5-20-57)27-45-43-12-11-41-40-17-21-58(52(41)51(43)55(68)70-45)46-14-13-42(39-10-9-34-23-36(31-64)24-35(30-63)7-6-8-37(39)25-34)54(60-28-33(2)65)73-72-32-61-47-26-38(18-22-59-47)44(50(40)53(58)56(69)71-46)29-62-48(66)15-16-49(62)67/h14-16,18,26-27,33-37,39-42,44,52,54,59-61,63-65H,3-5,8-13,17,19-25,28-32H2,1-2H3/b45-27-,46-14-/t33-,34-,35+,36+,37-,39-,40-,41-,42-,44-,52+,54+,58-/m0/s1. The molecule has 0 unspecified atom stereocenters. The Labute approximate surface area is 438 Å². The minimum Gasteiger partial charge on any atom is -0.427 e. The lowest BCUT2D eigenvalue weighted by Crippen LogP contribution is -2.54. The molecule has 4 fully saturated rings. The van der Waals surface area contributed by atoms with Gasteiger partial charge < -0.3 is 40.7 Å². The normalized spacial score (nSPS) is 38.5. The highest BCUT2D eigenvalue weighted by atomic mass is 33.1. The summed E-state index contributed by atoms with van der Waals surface area (Å²) < 4.78 is 13.3. The quantitative estimate of drug-likeness (QED) is 0.0548. The number of fused-ring (bicyclic) bond motifs is 4. The largest absolute Gasteiger partial charge is 0.427 e. The van der Waals surface area contributed by atoms with E-state index < -0.39 is 23.4 Å². The van der Waals surface area contributed by atoms with Gasteiger partial charge in [-0.15, -0.1) is 5.92 Å². The van der Waals surface area contributed by atoms with E-state index in [0.717, 1.165) is 93.2 Å². The number of nitrogens with one attached hydrogen (secondary N) is 3. The van der Waals surface area contributed by atoms with Crippen molar-refractivity contribution in [3.63, 3.8) is 0 Å². The molecular weight excluding hydrogens is 961 g/mol. The molecule has 5 heterocycles. The molecule has 12 rings (SSSR count). The number of nitrogens with zero attached hydrogens (tertiary/aromatic N) is 1. The topological polar surface area (TPSA) is 187 Å². The molecule has 73 heavy (non-hydrogen) atoms. The Morgan fingerprint density at radius 2 is 1.77 bits per heavy atom. The minimum absolute atomic E-state index is 0.00529. The van der Waals surface area contributed by atoms with Crippen LogP contribution in [0, 0.1) is 81.8 Å². The molecule has 13 atom stereocenters. The molecule has 12 aliphatic rings. The lowest BCUT2D eigenvalue weighted by molar-refractivity contribution is -0.138. The number of carbonyl (C=O) groups is 4. The number of amides is 2. The van der Waals surface area contributed by atoms with Crippen LogP contribution in [0.25, 0.3) is 0 Å². The van der Waals surface area contributed by atoms with Crippen molar-refractivity contribution in [3.05, 3.63) is 81.7 Å². The van der Waals surface area contributed by atoms with Gasteiger partial charge in [-0.3, -0.25) is 14.5 Å². The first kappa shape index (κ1) is 51.1. The zero-order chi connectivity index (χ0) is 50.6. The lowest BCUT2D eigenvalue weighted by atomic mass is 9.43. The number of hydrogen-bond donors (Lipinski definition) is 6. The number of ether oxygens (including phenoxy) is 2. The van der Waals surface area contributed by atoms with Crippen LogP contribution < -0.4 is 16.0 Å². The molecule has 9 bridgehead atoms. The van der Waals surface area contributed by atoms with Crippen LogP contribution in [0.1, 0.15) is 117 Å². The summed E-state index contributed by atoms with van der Waals surface area (Å²) in [6.45, 7) is 5.06. The number of carbonyl (C=O) groups excluding carboxylic acids is 4. The van der Waals surface area contributed by atoms with Crippen molar-refractivity contribution in [2.45, 2.75) is 128 Å². The summed E-state index contributed by atoms with van der Waals surface area (Å²) in [4.78, 5) is 58.6. The van der Waals surface area contributed by atoms with E-state index in [1.165, 1.54) is 17.1 Å². The molecule has 15 heteroatoms. The highest BCUT2D eigenvalue weighted by Gasteiger charge is 2.69. The highest BCUT2D eigenvalue weighted by molar-refractivity contribution is 8.76. The van der Waals surface area contributed by atoms with E-state index in [1.54, 1.807) is 28.5 Å². The van der Waals surface area contributed by atoms with Crippen LogP contribution in [0.2, 0.25) is 0 Å². The van der Waals surface area contributed by atoms with Crippen LogP contribution in [0.15, 0.2) is 81.7 Å². The third-order valence-electron chi connectivity index (χ3n) is 19.3. The predicted octanol–water partition coefficient (Wildman–Crippen LogP) is 7.46. The van der Waals surface area contributed by atoms with Crippen LogP contribution in [0.4, 0.5) is 0 Å². The van der Waals surface area contributed by atoms with E-state index >= 15 is 4.79 Å². The van der Waals surface area contributed by atoms with Crippen molar-refractivity contribution in [2.24, 2.45) is 70.0 Å². The SMILES string of the molecule is CCC1(/C=C2\OC(=O)C3=C2CC[C@H]2[C@@H]4CC[C@@]5(C6=C4[C@@H](CN4C(=O)C=CC4=O)C4=CCNC(=C4)NCSS[C@@H](NC[C@H](C)O)[C@H]([C@H]4CC[C@H]7C[C@@H](CO)C[C@H](CO)C#CC[C@H]4C7)C/C=C/5OC6=O)[C@@H]32)CCCC1. The zero-order valence-corrected chi connectivity index (χ0v) is 44.1. The smallest absolute Gasteiger partial charge is 0.340 e. The average molecular weight is 1040 g/mol. The van der Waals surface area contributed by atoms with Gasteiger partial charge in [-0.1, -0.05) is 59.8 Å². The first-order valence-electron chi connectivity index (χ1n) is 27.6. The summed E-state index contributed by atoms with van der Waals surface area (Å²) in [5, 5.41) is 42.4. The van der Waals surface area contributed by atoms with Gasteiger partial charge in [0.15, 0.2) is 0 Å². The molecule has 5 aliphatic heterocycles. The van der Waals surface area contributed by atoms with Crippen molar-refractivity contribution in [1.29, 1.82) is 0 Å². The second-order valence-corrected chi connectivity index (χ2v) is 25.8. The molecule has 7 aliphatic carbocycles. The maximum atomic E-state index is 15.4. The van der Waals surface area contributed by atoms with Crippen molar-refractivity contribution in [1.82, 2.24) is 20.9 Å². The van der Waals surface area contributed by atoms with E-state index in [1.807, 2.05) is 0 Å². The number of aliphatic hydroxyl groups is 3.